The van der Waals surface area contributed by atoms with E-state index in [2.05, 4.69) is 5.32 Å². The van der Waals surface area contributed by atoms with E-state index in [9.17, 15) is 5.11 Å². The van der Waals surface area contributed by atoms with Gasteiger partial charge in [0.1, 0.15) is 5.76 Å². The molecule has 3 nitrogen and oxygen atoms in total. The molecule has 80 valence electrons. The van der Waals surface area contributed by atoms with Crippen molar-refractivity contribution in [3.63, 3.8) is 0 Å². The molecule has 2 N–H and O–H groups in total. The first-order chi connectivity index (χ1) is 6.55. The highest BCUT2D eigenvalue weighted by Gasteiger charge is 2.19. The van der Waals surface area contributed by atoms with E-state index in [1.165, 1.54) is 0 Å². The second-order valence-electron chi connectivity index (χ2n) is 3.97. The predicted octanol–water partition coefficient (Wildman–Crippen LogP) is 2.09. The number of aliphatic hydroxyl groups is 1. The lowest BCUT2D eigenvalue weighted by Gasteiger charge is -2.23. The summed E-state index contributed by atoms with van der Waals surface area (Å²) in [6.45, 7) is 6.39. The predicted molar refractivity (Wildman–Crippen MR) is 56.0 cm³/mol. The van der Waals surface area contributed by atoms with E-state index in [1.807, 2.05) is 32.9 Å². The molecule has 0 aliphatic rings. The van der Waals surface area contributed by atoms with Gasteiger partial charge in [0.05, 0.1) is 17.9 Å². The summed E-state index contributed by atoms with van der Waals surface area (Å²) < 4.78 is 5.25. The van der Waals surface area contributed by atoms with Crippen LogP contribution in [-0.2, 0) is 0 Å². The third-order valence-corrected chi connectivity index (χ3v) is 2.52. The molecule has 0 aliphatic heterocycles. The summed E-state index contributed by atoms with van der Waals surface area (Å²) in [5.41, 5.74) is -0.638. The van der Waals surface area contributed by atoms with Crippen molar-refractivity contribution in [2.24, 2.45) is 0 Å². The molecular weight excluding hydrogens is 178 g/mol. The Kier molecular flexibility index (Phi) is 3.72. The Bertz CT molecular complexity index is 254. The molecular formula is C11H19NO2. The first kappa shape index (κ1) is 11.3. The van der Waals surface area contributed by atoms with Crippen LogP contribution >= 0.6 is 0 Å². The Morgan fingerprint density at radius 1 is 1.64 bits per heavy atom. The Hall–Kier alpha value is -0.800. The molecule has 1 aromatic rings. The van der Waals surface area contributed by atoms with Crippen molar-refractivity contribution in [2.45, 2.75) is 38.8 Å². The Morgan fingerprint density at radius 3 is 2.86 bits per heavy atom. The molecule has 0 spiro atoms. The number of nitrogens with one attached hydrogen (secondary N) is 1. The molecule has 3 heteroatoms. The molecule has 0 saturated heterocycles. The van der Waals surface area contributed by atoms with E-state index >= 15 is 0 Å². The van der Waals surface area contributed by atoms with Gasteiger partial charge < -0.3 is 14.8 Å². The van der Waals surface area contributed by atoms with Crippen LogP contribution in [0.2, 0.25) is 0 Å². The number of rotatable bonds is 5. The summed E-state index contributed by atoms with van der Waals surface area (Å²) in [5, 5.41) is 13.0. The highest BCUT2D eigenvalue weighted by atomic mass is 16.3. The van der Waals surface area contributed by atoms with Crippen LogP contribution in [0.4, 0.5) is 0 Å². The van der Waals surface area contributed by atoms with E-state index in [0.29, 0.717) is 6.54 Å². The molecule has 0 aliphatic carbocycles. The summed E-state index contributed by atoms with van der Waals surface area (Å²) in [7, 11) is 0. The first-order valence-corrected chi connectivity index (χ1v) is 5.04. The monoisotopic (exact) mass is 197 g/mol. The van der Waals surface area contributed by atoms with Crippen LogP contribution in [0.3, 0.4) is 0 Å². The number of furan rings is 1. The summed E-state index contributed by atoms with van der Waals surface area (Å²) in [4.78, 5) is 0. The van der Waals surface area contributed by atoms with Crippen molar-refractivity contribution in [2.75, 3.05) is 6.54 Å². The maximum Gasteiger partial charge on any atom is 0.120 e. The molecule has 2 atom stereocenters. The minimum absolute atomic E-state index is 0.142. The molecule has 0 radical (unpaired) electrons. The molecule has 0 saturated carbocycles. The van der Waals surface area contributed by atoms with Gasteiger partial charge in [-0.25, -0.2) is 0 Å². The summed E-state index contributed by atoms with van der Waals surface area (Å²) in [5.74, 6) is 0.900. The standard InChI is InChI=1S/C11H19NO2/c1-4-11(3,13)8-12-9(2)10-6-5-7-14-10/h5-7,9,12-13H,4,8H2,1-3H3. The molecule has 1 rings (SSSR count). The summed E-state index contributed by atoms with van der Waals surface area (Å²) in [6, 6.07) is 3.94. The van der Waals surface area contributed by atoms with Crippen LogP contribution in [0.5, 0.6) is 0 Å². The average molecular weight is 197 g/mol. The first-order valence-electron chi connectivity index (χ1n) is 5.04. The molecule has 0 bridgehead atoms. The van der Waals surface area contributed by atoms with Crippen LogP contribution in [-0.4, -0.2) is 17.3 Å². The van der Waals surface area contributed by atoms with E-state index < -0.39 is 5.60 Å². The van der Waals surface area contributed by atoms with Crippen molar-refractivity contribution >= 4 is 0 Å². The minimum Gasteiger partial charge on any atom is -0.468 e. The highest BCUT2D eigenvalue weighted by Crippen LogP contribution is 2.14. The Labute approximate surface area is 85.1 Å². The lowest BCUT2D eigenvalue weighted by atomic mass is 10.0. The van der Waals surface area contributed by atoms with E-state index in [1.54, 1.807) is 6.26 Å². The van der Waals surface area contributed by atoms with E-state index in [0.717, 1.165) is 12.2 Å². The van der Waals surface area contributed by atoms with Crippen molar-refractivity contribution in [3.8, 4) is 0 Å². The zero-order valence-electron chi connectivity index (χ0n) is 9.08. The van der Waals surface area contributed by atoms with E-state index in [4.69, 9.17) is 4.42 Å². The topological polar surface area (TPSA) is 45.4 Å². The van der Waals surface area contributed by atoms with Crippen molar-refractivity contribution in [1.82, 2.24) is 5.32 Å². The SMILES string of the molecule is CCC(C)(O)CNC(C)c1ccco1. The third kappa shape index (κ3) is 3.16. The van der Waals surface area contributed by atoms with Gasteiger partial charge in [0.25, 0.3) is 0 Å². The van der Waals surface area contributed by atoms with Crippen LogP contribution < -0.4 is 5.32 Å². The lowest BCUT2D eigenvalue weighted by Crippen LogP contribution is -2.38. The minimum atomic E-state index is -0.638. The summed E-state index contributed by atoms with van der Waals surface area (Å²) >= 11 is 0. The fraction of sp³-hybridized carbons (Fsp3) is 0.636. The average Bonchev–Trinajstić information content (AvgIpc) is 2.67. The van der Waals surface area contributed by atoms with Gasteiger partial charge in [-0.3, -0.25) is 0 Å². The van der Waals surface area contributed by atoms with Crippen LogP contribution in [0, 0.1) is 0 Å². The second-order valence-corrected chi connectivity index (χ2v) is 3.97. The van der Waals surface area contributed by atoms with Crippen LogP contribution in [0.1, 0.15) is 39.0 Å². The van der Waals surface area contributed by atoms with Crippen LogP contribution in [0.15, 0.2) is 22.8 Å². The maximum atomic E-state index is 9.78. The van der Waals surface area contributed by atoms with E-state index in [-0.39, 0.29) is 6.04 Å². The summed E-state index contributed by atoms with van der Waals surface area (Å²) in [6.07, 6.45) is 2.40. The van der Waals surface area contributed by atoms with Gasteiger partial charge in [-0.2, -0.15) is 0 Å². The molecule has 14 heavy (non-hydrogen) atoms. The molecule has 1 aromatic heterocycles. The largest absolute Gasteiger partial charge is 0.468 e. The van der Waals surface area contributed by atoms with Gasteiger partial charge in [-0.05, 0) is 32.4 Å². The van der Waals surface area contributed by atoms with Gasteiger partial charge in [0, 0.05) is 6.54 Å². The fourth-order valence-corrected chi connectivity index (χ4v) is 1.14. The fourth-order valence-electron chi connectivity index (χ4n) is 1.14. The molecule has 0 fully saturated rings. The van der Waals surface area contributed by atoms with Gasteiger partial charge in [-0.1, -0.05) is 6.92 Å². The molecule has 1 heterocycles. The number of hydrogen-bond donors (Lipinski definition) is 2. The normalized spacial score (nSPS) is 17.7. The second kappa shape index (κ2) is 4.62. The van der Waals surface area contributed by atoms with Gasteiger partial charge in [0.2, 0.25) is 0 Å². The smallest absolute Gasteiger partial charge is 0.120 e. The zero-order valence-corrected chi connectivity index (χ0v) is 9.08. The lowest BCUT2D eigenvalue weighted by molar-refractivity contribution is 0.0527. The third-order valence-electron chi connectivity index (χ3n) is 2.52. The zero-order chi connectivity index (χ0) is 10.6. The van der Waals surface area contributed by atoms with Crippen molar-refractivity contribution < 1.29 is 9.52 Å². The molecule has 0 aromatic carbocycles. The number of hydrogen-bond acceptors (Lipinski definition) is 3. The molecule has 0 amide bonds. The Balaban J connectivity index is 2.39. The maximum absolute atomic E-state index is 9.78. The van der Waals surface area contributed by atoms with Gasteiger partial charge >= 0.3 is 0 Å². The van der Waals surface area contributed by atoms with Crippen molar-refractivity contribution in [1.29, 1.82) is 0 Å². The van der Waals surface area contributed by atoms with Gasteiger partial charge in [-0.15, -0.1) is 0 Å². The van der Waals surface area contributed by atoms with Crippen LogP contribution in [0.25, 0.3) is 0 Å². The quantitative estimate of drug-likeness (QED) is 0.759. The molecule has 2 unspecified atom stereocenters. The highest BCUT2D eigenvalue weighted by molar-refractivity contribution is 5.03. The van der Waals surface area contributed by atoms with Crippen molar-refractivity contribution in [3.05, 3.63) is 24.2 Å². The van der Waals surface area contributed by atoms with Gasteiger partial charge in [0.15, 0.2) is 0 Å². The Morgan fingerprint density at radius 2 is 2.36 bits per heavy atom.